The highest BCUT2D eigenvalue weighted by molar-refractivity contribution is 5.79. The van der Waals surface area contributed by atoms with Crippen LogP contribution in [0.3, 0.4) is 0 Å². The van der Waals surface area contributed by atoms with Gasteiger partial charge < -0.3 is 20.9 Å². The summed E-state index contributed by atoms with van der Waals surface area (Å²) < 4.78 is 2.05. The fraction of sp³-hybridized carbons (Fsp3) is 0.545. The lowest BCUT2D eigenvalue weighted by Gasteiger charge is -2.31. The predicted octanol–water partition coefficient (Wildman–Crippen LogP) is 0.903. The number of carbonyl (C=O) groups excluding carboxylic acids is 1. The normalized spacial score (nSPS) is 17.5. The van der Waals surface area contributed by atoms with Crippen molar-refractivity contribution in [1.82, 2.24) is 30.3 Å². The minimum Gasteiger partial charge on any atom is -0.369 e. The van der Waals surface area contributed by atoms with E-state index in [4.69, 9.17) is 5.73 Å². The van der Waals surface area contributed by atoms with Crippen LogP contribution in [0.4, 0.5) is 0 Å². The Balaban J connectivity index is 1.46. The molecule has 1 aliphatic rings. The van der Waals surface area contributed by atoms with Gasteiger partial charge in [0.15, 0.2) is 5.96 Å². The van der Waals surface area contributed by atoms with Gasteiger partial charge in [0.2, 0.25) is 5.91 Å². The van der Waals surface area contributed by atoms with Gasteiger partial charge in [-0.05, 0) is 30.5 Å². The van der Waals surface area contributed by atoms with E-state index in [1.807, 2.05) is 4.57 Å². The van der Waals surface area contributed by atoms with Crippen molar-refractivity contribution >= 4 is 11.9 Å². The van der Waals surface area contributed by atoms with Gasteiger partial charge in [0, 0.05) is 46.2 Å². The van der Waals surface area contributed by atoms with E-state index in [0.717, 1.165) is 63.8 Å². The van der Waals surface area contributed by atoms with Gasteiger partial charge in [-0.2, -0.15) is 0 Å². The van der Waals surface area contributed by atoms with Crippen molar-refractivity contribution in [3.8, 4) is 0 Å². The zero-order valence-electron chi connectivity index (χ0n) is 18.5. The van der Waals surface area contributed by atoms with Crippen LogP contribution >= 0.6 is 0 Å². The summed E-state index contributed by atoms with van der Waals surface area (Å²) in [6.45, 7) is 6.88. The van der Waals surface area contributed by atoms with E-state index in [2.05, 4.69) is 61.9 Å². The number of amides is 1. The molecule has 9 nitrogen and oxygen atoms in total. The summed E-state index contributed by atoms with van der Waals surface area (Å²) in [6.07, 6.45) is 4.55. The smallest absolute Gasteiger partial charge is 0.221 e. The van der Waals surface area contributed by atoms with Crippen molar-refractivity contribution in [2.45, 2.75) is 45.8 Å². The molecule has 1 aliphatic heterocycles. The van der Waals surface area contributed by atoms with Crippen LogP contribution in [-0.2, 0) is 30.8 Å². The quantitative estimate of drug-likeness (QED) is 0.406. The summed E-state index contributed by atoms with van der Waals surface area (Å²) in [6, 6.07) is 8.53. The van der Waals surface area contributed by atoms with Crippen LogP contribution in [0.25, 0.3) is 0 Å². The number of likely N-dealkylation sites (tertiary alicyclic amines) is 1. The minimum atomic E-state index is -0.184. The van der Waals surface area contributed by atoms with E-state index in [1.165, 1.54) is 11.1 Å². The number of hydrogen-bond donors (Lipinski definition) is 3. The van der Waals surface area contributed by atoms with Crippen LogP contribution in [0.5, 0.6) is 0 Å². The van der Waals surface area contributed by atoms with Crippen LogP contribution < -0.4 is 16.4 Å². The van der Waals surface area contributed by atoms with Gasteiger partial charge in [0.05, 0.1) is 5.92 Å². The number of aryl methyl sites for hydroxylation is 1. The van der Waals surface area contributed by atoms with Crippen LogP contribution in [0.15, 0.2) is 35.6 Å². The number of carbonyl (C=O) groups is 1. The highest BCUT2D eigenvalue weighted by atomic mass is 16.1. The fourth-order valence-corrected chi connectivity index (χ4v) is 3.97. The third-order valence-electron chi connectivity index (χ3n) is 5.65. The minimum absolute atomic E-state index is 0.0282. The first-order chi connectivity index (χ1) is 15.1. The van der Waals surface area contributed by atoms with E-state index in [1.54, 1.807) is 13.4 Å². The number of rotatable bonds is 9. The molecular weight excluding hydrogens is 392 g/mol. The lowest BCUT2D eigenvalue weighted by Crippen LogP contribution is -2.40. The molecule has 0 radical (unpaired) electrons. The molecule has 1 unspecified atom stereocenters. The Hall–Kier alpha value is -2.94. The summed E-state index contributed by atoms with van der Waals surface area (Å²) in [4.78, 5) is 18.1. The number of benzene rings is 1. The Morgan fingerprint density at radius 3 is 2.94 bits per heavy atom. The van der Waals surface area contributed by atoms with Crippen molar-refractivity contribution in [2.24, 2.45) is 16.6 Å². The average molecular weight is 427 g/mol. The first-order valence-corrected chi connectivity index (χ1v) is 11.0. The lowest BCUT2D eigenvalue weighted by atomic mass is 9.97. The van der Waals surface area contributed by atoms with Gasteiger partial charge in [0.25, 0.3) is 0 Å². The first-order valence-electron chi connectivity index (χ1n) is 11.0. The molecule has 2 aromatic rings. The predicted molar refractivity (Wildman–Crippen MR) is 121 cm³/mol. The zero-order valence-corrected chi connectivity index (χ0v) is 18.5. The second kappa shape index (κ2) is 11.5. The molecule has 168 valence electrons. The lowest BCUT2D eigenvalue weighted by molar-refractivity contribution is -0.123. The Bertz CT molecular complexity index is 878. The van der Waals surface area contributed by atoms with Gasteiger partial charge in [-0.1, -0.05) is 31.2 Å². The van der Waals surface area contributed by atoms with Crippen LogP contribution in [0.1, 0.15) is 36.7 Å². The van der Waals surface area contributed by atoms with E-state index in [-0.39, 0.29) is 11.8 Å². The molecular formula is C22H34N8O. The number of nitrogens with two attached hydrogens (primary N) is 1. The molecule has 1 saturated heterocycles. The number of nitrogens with zero attached hydrogens (tertiary/aromatic N) is 5. The summed E-state index contributed by atoms with van der Waals surface area (Å²) in [7, 11) is 1.77. The molecule has 0 aliphatic carbocycles. The maximum atomic E-state index is 11.5. The number of nitrogens with one attached hydrogen (secondary N) is 2. The molecule has 1 aromatic heterocycles. The molecule has 1 aromatic carbocycles. The van der Waals surface area contributed by atoms with Gasteiger partial charge in [-0.15, -0.1) is 10.2 Å². The topological polar surface area (TPSA) is 113 Å². The molecule has 1 amide bonds. The second-order valence-electron chi connectivity index (χ2n) is 7.94. The van der Waals surface area contributed by atoms with Crippen molar-refractivity contribution < 1.29 is 4.79 Å². The number of hydrogen-bond acceptors (Lipinski definition) is 5. The largest absolute Gasteiger partial charge is 0.369 e. The van der Waals surface area contributed by atoms with Crippen molar-refractivity contribution in [1.29, 1.82) is 0 Å². The molecule has 2 heterocycles. The van der Waals surface area contributed by atoms with E-state index < -0.39 is 0 Å². The number of aliphatic imine (C=N–C) groups is 1. The number of guanidine groups is 1. The molecule has 9 heteroatoms. The Kier molecular flexibility index (Phi) is 8.40. The van der Waals surface area contributed by atoms with Crippen LogP contribution in [0.2, 0.25) is 0 Å². The van der Waals surface area contributed by atoms with Crippen molar-refractivity contribution in [2.75, 3.05) is 26.7 Å². The molecule has 31 heavy (non-hydrogen) atoms. The van der Waals surface area contributed by atoms with Gasteiger partial charge in [-0.3, -0.25) is 14.7 Å². The van der Waals surface area contributed by atoms with E-state index in [0.29, 0.717) is 6.54 Å². The maximum Gasteiger partial charge on any atom is 0.221 e. The Labute approximate surface area is 184 Å². The number of piperidine rings is 1. The summed E-state index contributed by atoms with van der Waals surface area (Å²) in [5, 5.41) is 14.8. The molecule has 0 bridgehead atoms. The van der Waals surface area contributed by atoms with E-state index in [9.17, 15) is 4.79 Å². The van der Waals surface area contributed by atoms with Gasteiger partial charge in [0.1, 0.15) is 12.2 Å². The molecule has 1 atom stereocenters. The fourth-order valence-electron chi connectivity index (χ4n) is 3.97. The second-order valence-corrected chi connectivity index (χ2v) is 7.94. The third-order valence-corrected chi connectivity index (χ3v) is 5.65. The third kappa shape index (κ3) is 6.78. The monoisotopic (exact) mass is 426 g/mol. The average Bonchev–Trinajstić information content (AvgIpc) is 3.24. The molecule has 0 saturated carbocycles. The zero-order chi connectivity index (χ0) is 22.1. The number of primary amides is 1. The van der Waals surface area contributed by atoms with Crippen LogP contribution in [0, 0.1) is 5.92 Å². The maximum absolute atomic E-state index is 11.5. The Morgan fingerprint density at radius 2 is 2.16 bits per heavy atom. The van der Waals surface area contributed by atoms with Crippen molar-refractivity contribution in [3.63, 3.8) is 0 Å². The summed E-state index contributed by atoms with van der Waals surface area (Å²) in [5.41, 5.74) is 7.94. The molecule has 3 rings (SSSR count). The summed E-state index contributed by atoms with van der Waals surface area (Å²) in [5.74, 6) is 1.53. The highest BCUT2D eigenvalue weighted by Gasteiger charge is 2.23. The summed E-state index contributed by atoms with van der Waals surface area (Å²) >= 11 is 0. The van der Waals surface area contributed by atoms with Gasteiger partial charge in [-0.25, -0.2) is 0 Å². The van der Waals surface area contributed by atoms with E-state index >= 15 is 0 Å². The number of aromatic nitrogens is 3. The Morgan fingerprint density at radius 1 is 1.32 bits per heavy atom. The van der Waals surface area contributed by atoms with Crippen molar-refractivity contribution in [3.05, 3.63) is 47.5 Å². The standard InChI is InChI=1S/C22H34N8O/c1-3-20-28-27-16-30(20)11-9-25-22(24-2)26-13-17-6-4-7-18(12-17)14-29-10-5-8-19(15-29)21(23)31/h4,6-7,12,16,19H,3,5,8-11,13-15H2,1-2H3,(H2,23,31)(H2,24,25,26). The van der Waals surface area contributed by atoms with Gasteiger partial charge >= 0.3 is 0 Å². The molecule has 0 spiro atoms. The SMILES string of the molecule is CCc1nncn1CCNC(=NC)NCc1cccc(CN2CCCC(C(N)=O)C2)c1. The molecule has 4 N–H and O–H groups in total. The first kappa shape index (κ1) is 22.7. The highest BCUT2D eigenvalue weighted by Crippen LogP contribution is 2.18. The molecule has 1 fully saturated rings. The van der Waals surface area contributed by atoms with Crippen LogP contribution in [-0.4, -0.2) is 58.2 Å².